The summed E-state index contributed by atoms with van der Waals surface area (Å²) in [4.78, 5) is 26.4. The zero-order valence-corrected chi connectivity index (χ0v) is 16.3. The molecule has 0 aliphatic heterocycles. The van der Waals surface area contributed by atoms with E-state index in [1.165, 1.54) is 11.3 Å². The van der Waals surface area contributed by atoms with Crippen molar-refractivity contribution in [2.75, 3.05) is 11.9 Å². The molecule has 1 amide bonds. The first-order chi connectivity index (χ1) is 13.0. The van der Waals surface area contributed by atoms with Gasteiger partial charge in [0, 0.05) is 11.4 Å². The second-order valence-electron chi connectivity index (χ2n) is 5.88. The largest absolute Gasteiger partial charge is 0.462 e. The number of rotatable bonds is 6. The van der Waals surface area contributed by atoms with E-state index in [1.54, 1.807) is 17.7 Å². The number of nitrogens with zero attached hydrogens (tertiary/aromatic N) is 2. The summed E-state index contributed by atoms with van der Waals surface area (Å²) in [6.45, 7) is 6.37. The lowest BCUT2D eigenvalue weighted by Crippen LogP contribution is -2.18. The molecule has 0 fully saturated rings. The van der Waals surface area contributed by atoms with Crippen molar-refractivity contribution in [3.8, 4) is 10.4 Å². The third kappa shape index (κ3) is 4.09. The van der Waals surface area contributed by atoms with Gasteiger partial charge >= 0.3 is 5.97 Å². The maximum Gasteiger partial charge on any atom is 0.350 e. The molecular weight excluding hydrogens is 362 g/mol. The van der Waals surface area contributed by atoms with Crippen LogP contribution in [0.25, 0.3) is 10.4 Å². The van der Waals surface area contributed by atoms with E-state index in [2.05, 4.69) is 10.4 Å². The zero-order valence-electron chi connectivity index (χ0n) is 15.5. The third-order valence-corrected chi connectivity index (χ3v) is 5.10. The fraction of sp³-hybridized carbons (Fsp3) is 0.250. The van der Waals surface area contributed by atoms with Gasteiger partial charge in [-0.05, 0) is 38.5 Å². The Balaban J connectivity index is 1.96. The van der Waals surface area contributed by atoms with Crippen LogP contribution >= 0.6 is 11.3 Å². The van der Waals surface area contributed by atoms with Gasteiger partial charge in [-0.15, -0.1) is 11.3 Å². The van der Waals surface area contributed by atoms with E-state index in [0.717, 1.165) is 16.1 Å². The average molecular weight is 383 g/mol. The number of aromatic nitrogens is 2. The molecule has 1 N–H and O–H groups in total. The van der Waals surface area contributed by atoms with Crippen LogP contribution in [0.4, 0.5) is 5.69 Å². The number of carbonyl (C=O) groups excluding carboxylic acids is 2. The van der Waals surface area contributed by atoms with E-state index in [0.29, 0.717) is 22.8 Å². The number of anilines is 1. The van der Waals surface area contributed by atoms with E-state index in [9.17, 15) is 9.59 Å². The highest BCUT2D eigenvalue weighted by atomic mass is 32.1. The topological polar surface area (TPSA) is 73.2 Å². The summed E-state index contributed by atoms with van der Waals surface area (Å²) in [5.74, 6) is -0.749. The molecule has 0 radical (unpaired) electrons. The Morgan fingerprint density at radius 2 is 1.93 bits per heavy atom. The highest BCUT2D eigenvalue weighted by molar-refractivity contribution is 7.18. The van der Waals surface area contributed by atoms with Gasteiger partial charge in [0.25, 0.3) is 5.91 Å². The Morgan fingerprint density at radius 3 is 2.59 bits per heavy atom. The summed E-state index contributed by atoms with van der Waals surface area (Å²) < 4.78 is 6.79. The highest BCUT2D eigenvalue weighted by Gasteiger charge is 2.22. The number of ether oxygens (including phenoxy) is 1. The van der Waals surface area contributed by atoms with E-state index >= 15 is 0 Å². The second kappa shape index (κ2) is 8.18. The fourth-order valence-corrected chi connectivity index (χ4v) is 3.75. The van der Waals surface area contributed by atoms with Crippen molar-refractivity contribution in [3.63, 3.8) is 0 Å². The molecule has 140 valence electrons. The number of esters is 1. The molecule has 2 aromatic heterocycles. The smallest absolute Gasteiger partial charge is 0.350 e. The van der Waals surface area contributed by atoms with Gasteiger partial charge in [-0.2, -0.15) is 5.10 Å². The molecule has 0 aliphatic carbocycles. The normalized spacial score (nSPS) is 10.6. The molecule has 0 atom stereocenters. The number of carbonyl (C=O) groups is 2. The quantitative estimate of drug-likeness (QED) is 0.642. The number of amides is 1. The molecule has 7 heteroatoms. The van der Waals surface area contributed by atoms with Crippen LogP contribution in [-0.2, 0) is 11.3 Å². The standard InChI is InChI=1S/C20H21N3O3S/c1-4-23-16(11-13(3)22-23)19(24)21-15-12-17(14-9-7-6-8-10-14)27-18(15)20(25)26-5-2/h6-12H,4-5H2,1-3H3,(H,21,24). The van der Waals surface area contributed by atoms with Gasteiger partial charge in [-0.3, -0.25) is 9.48 Å². The maximum atomic E-state index is 12.8. The van der Waals surface area contributed by atoms with Crippen LogP contribution in [0.3, 0.4) is 0 Å². The van der Waals surface area contributed by atoms with Gasteiger partial charge in [-0.25, -0.2) is 4.79 Å². The molecule has 0 aliphatic rings. The molecule has 0 spiro atoms. The van der Waals surface area contributed by atoms with Crippen molar-refractivity contribution in [1.29, 1.82) is 0 Å². The molecule has 27 heavy (non-hydrogen) atoms. The van der Waals surface area contributed by atoms with Crippen LogP contribution in [0.1, 0.15) is 39.7 Å². The number of hydrogen-bond acceptors (Lipinski definition) is 5. The van der Waals surface area contributed by atoms with Gasteiger partial charge < -0.3 is 10.1 Å². The van der Waals surface area contributed by atoms with Gasteiger partial charge in [0.05, 0.1) is 18.0 Å². The molecule has 1 aromatic carbocycles. The van der Waals surface area contributed by atoms with Gasteiger partial charge in [0.1, 0.15) is 10.6 Å². The highest BCUT2D eigenvalue weighted by Crippen LogP contribution is 2.35. The predicted molar refractivity (Wildman–Crippen MR) is 106 cm³/mol. The lowest BCUT2D eigenvalue weighted by molar-refractivity contribution is 0.0533. The summed E-state index contributed by atoms with van der Waals surface area (Å²) in [6.07, 6.45) is 0. The first-order valence-electron chi connectivity index (χ1n) is 8.75. The lowest BCUT2D eigenvalue weighted by atomic mass is 10.2. The number of hydrogen-bond donors (Lipinski definition) is 1. The van der Waals surface area contributed by atoms with Crippen LogP contribution in [0, 0.1) is 6.92 Å². The Hall–Kier alpha value is -2.93. The van der Waals surface area contributed by atoms with E-state index in [1.807, 2.05) is 50.2 Å². The molecule has 6 nitrogen and oxygen atoms in total. The van der Waals surface area contributed by atoms with Crippen molar-refractivity contribution in [2.24, 2.45) is 0 Å². The third-order valence-electron chi connectivity index (χ3n) is 3.93. The molecule has 3 aromatic rings. The number of thiophene rings is 1. The molecule has 0 unspecified atom stereocenters. The van der Waals surface area contributed by atoms with Crippen molar-refractivity contribution < 1.29 is 14.3 Å². The zero-order chi connectivity index (χ0) is 19.4. The van der Waals surface area contributed by atoms with Gasteiger partial charge in [0.15, 0.2) is 0 Å². The number of aryl methyl sites for hydroxylation is 2. The minimum atomic E-state index is -0.444. The first-order valence-corrected chi connectivity index (χ1v) is 9.57. The molecule has 2 heterocycles. The van der Waals surface area contributed by atoms with Crippen LogP contribution < -0.4 is 5.32 Å². The summed E-state index contributed by atoms with van der Waals surface area (Å²) in [5, 5.41) is 7.15. The maximum absolute atomic E-state index is 12.8. The summed E-state index contributed by atoms with van der Waals surface area (Å²) in [6, 6.07) is 13.3. The lowest BCUT2D eigenvalue weighted by Gasteiger charge is -2.07. The van der Waals surface area contributed by atoms with E-state index in [4.69, 9.17) is 4.74 Å². The molecule has 3 rings (SSSR count). The van der Waals surface area contributed by atoms with Crippen molar-refractivity contribution >= 4 is 28.9 Å². The van der Waals surface area contributed by atoms with Crippen molar-refractivity contribution in [2.45, 2.75) is 27.3 Å². The average Bonchev–Trinajstić information content (AvgIpc) is 3.26. The van der Waals surface area contributed by atoms with Crippen LogP contribution in [-0.4, -0.2) is 28.3 Å². The van der Waals surface area contributed by atoms with Crippen molar-refractivity contribution in [1.82, 2.24) is 9.78 Å². The fourth-order valence-electron chi connectivity index (χ4n) is 2.73. The van der Waals surface area contributed by atoms with Crippen LogP contribution in [0.2, 0.25) is 0 Å². The SMILES string of the molecule is CCOC(=O)c1sc(-c2ccccc2)cc1NC(=O)c1cc(C)nn1CC. The molecular formula is C20H21N3O3S. The Labute approximate surface area is 161 Å². The molecule has 0 bridgehead atoms. The summed E-state index contributed by atoms with van der Waals surface area (Å²) in [5.41, 5.74) is 2.65. The summed E-state index contributed by atoms with van der Waals surface area (Å²) in [7, 11) is 0. The minimum absolute atomic E-state index is 0.270. The van der Waals surface area contributed by atoms with Crippen LogP contribution in [0.5, 0.6) is 0 Å². The Kier molecular flexibility index (Phi) is 5.71. The van der Waals surface area contributed by atoms with Crippen molar-refractivity contribution in [3.05, 3.63) is 58.7 Å². The predicted octanol–water partition coefficient (Wildman–Crippen LogP) is 4.37. The van der Waals surface area contributed by atoms with Crippen LogP contribution in [0.15, 0.2) is 42.5 Å². The summed E-state index contributed by atoms with van der Waals surface area (Å²) >= 11 is 1.30. The Morgan fingerprint density at radius 1 is 1.19 bits per heavy atom. The second-order valence-corrected chi connectivity index (χ2v) is 6.93. The Bertz CT molecular complexity index is 960. The molecule has 0 saturated carbocycles. The first kappa shape index (κ1) is 18.8. The molecule has 0 saturated heterocycles. The number of benzene rings is 1. The monoisotopic (exact) mass is 383 g/mol. The van der Waals surface area contributed by atoms with Gasteiger partial charge in [0.2, 0.25) is 0 Å². The van der Waals surface area contributed by atoms with Gasteiger partial charge in [-0.1, -0.05) is 30.3 Å². The number of nitrogens with one attached hydrogen (secondary N) is 1. The minimum Gasteiger partial charge on any atom is -0.462 e. The van der Waals surface area contributed by atoms with E-state index < -0.39 is 5.97 Å². The van der Waals surface area contributed by atoms with E-state index in [-0.39, 0.29) is 12.5 Å².